The van der Waals surface area contributed by atoms with Crippen LogP contribution in [0, 0.1) is 0 Å². The highest BCUT2D eigenvalue weighted by molar-refractivity contribution is 7.98. The van der Waals surface area contributed by atoms with Gasteiger partial charge in [0.15, 0.2) is 5.82 Å². The molecule has 0 saturated carbocycles. The molecule has 5 heteroatoms. The summed E-state index contributed by atoms with van der Waals surface area (Å²) in [4.78, 5) is 1.22. The Morgan fingerprint density at radius 3 is 2.80 bits per heavy atom. The molecule has 0 fully saturated rings. The van der Waals surface area contributed by atoms with Crippen LogP contribution in [0.1, 0.15) is 0 Å². The lowest BCUT2D eigenvalue weighted by molar-refractivity contribution is 0.801. The zero-order valence-corrected chi connectivity index (χ0v) is 12.8. The smallest absolute Gasteiger partial charge is 0.160 e. The van der Waals surface area contributed by atoms with Crippen molar-refractivity contribution >= 4 is 45.8 Å². The molecule has 1 aromatic heterocycles. The molecule has 20 heavy (non-hydrogen) atoms. The Hall–Kier alpha value is -1.65. The summed E-state index contributed by atoms with van der Waals surface area (Å²) >= 11 is 7.74. The molecule has 0 amide bonds. The van der Waals surface area contributed by atoms with Gasteiger partial charge in [0.25, 0.3) is 0 Å². The van der Waals surface area contributed by atoms with Crippen molar-refractivity contribution in [2.24, 2.45) is 7.05 Å². The summed E-state index contributed by atoms with van der Waals surface area (Å²) in [5.74, 6) is 0.848. The van der Waals surface area contributed by atoms with Crippen molar-refractivity contribution in [3.05, 3.63) is 47.5 Å². The fraction of sp³-hybridized carbons (Fsp3) is 0.133. The number of benzene rings is 2. The fourth-order valence-electron chi connectivity index (χ4n) is 2.17. The quantitative estimate of drug-likeness (QED) is 0.712. The minimum absolute atomic E-state index is 0.708. The van der Waals surface area contributed by atoms with Gasteiger partial charge in [-0.3, -0.25) is 4.68 Å². The zero-order valence-electron chi connectivity index (χ0n) is 11.2. The molecule has 0 radical (unpaired) electrons. The van der Waals surface area contributed by atoms with E-state index < -0.39 is 0 Å². The number of hydrogen-bond acceptors (Lipinski definition) is 3. The number of halogens is 1. The molecule has 0 aliphatic heterocycles. The Morgan fingerprint density at radius 2 is 2.05 bits per heavy atom. The molecule has 0 bridgehead atoms. The molecule has 0 unspecified atom stereocenters. The Labute approximate surface area is 126 Å². The van der Waals surface area contributed by atoms with Crippen LogP contribution >= 0.6 is 23.4 Å². The first kappa shape index (κ1) is 13.3. The van der Waals surface area contributed by atoms with Gasteiger partial charge in [-0.25, -0.2) is 0 Å². The minimum atomic E-state index is 0.708. The van der Waals surface area contributed by atoms with E-state index in [-0.39, 0.29) is 0 Å². The van der Waals surface area contributed by atoms with E-state index in [1.54, 1.807) is 11.8 Å². The maximum Gasteiger partial charge on any atom is 0.160 e. The van der Waals surface area contributed by atoms with Gasteiger partial charge in [-0.1, -0.05) is 17.7 Å². The number of nitrogens with one attached hydrogen (secondary N) is 1. The number of aromatic nitrogens is 2. The van der Waals surface area contributed by atoms with Crippen LogP contribution in [0.2, 0.25) is 5.02 Å². The van der Waals surface area contributed by atoms with E-state index in [2.05, 4.69) is 34.9 Å². The monoisotopic (exact) mass is 303 g/mol. The van der Waals surface area contributed by atoms with Gasteiger partial charge in [-0.15, -0.1) is 11.8 Å². The Bertz CT molecular complexity index is 767. The third-order valence-corrected chi connectivity index (χ3v) is 4.11. The number of rotatable bonds is 3. The van der Waals surface area contributed by atoms with Crippen LogP contribution in [0.5, 0.6) is 0 Å². The average Bonchev–Trinajstić information content (AvgIpc) is 2.75. The number of hydrogen-bond donors (Lipinski definition) is 1. The Morgan fingerprint density at radius 1 is 1.20 bits per heavy atom. The van der Waals surface area contributed by atoms with Gasteiger partial charge < -0.3 is 5.32 Å². The molecule has 0 spiro atoms. The van der Waals surface area contributed by atoms with Gasteiger partial charge in [-0.05, 0) is 42.7 Å². The second-order valence-corrected chi connectivity index (χ2v) is 5.81. The summed E-state index contributed by atoms with van der Waals surface area (Å²) in [6, 6.07) is 14.0. The molecule has 1 N–H and O–H groups in total. The van der Waals surface area contributed by atoms with Crippen LogP contribution in [0.4, 0.5) is 11.5 Å². The molecule has 3 rings (SSSR count). The van der Waals surface area contributed by atoms with Gasteiger partial charge in [0.05, 0.1) is 5.52 Å². The summed E-state index contributed by atoms with van der Waals surface area (Å²) in [6.45, 7) is 0. The number of nitrogens with zero attached hydrogens (tertiary/aromatic N) is 2. The highest BCUT2D eigenvalue weighted by atomic mass is 35.5. The maximum absolute atomic E-state index is 6.01. The van der Waals surface area contributed by atoms with E-state index in [4.69, 9.17) is 11.6 Å². The van der Waals surface area contributed by atoms with Gasteiger partial charge in [0.1, 0.15) is 0 Å². The first-order valence-corrected chi connectivity index (χ1v) is 7.81. The number of fused-ring (bicyclic) bond motifs is 1. The van der Waals surface area contributed by atoms with Crippen LogP contribution in [-0.2, 0) is 7.05 Å². The van der Waals surface area contributed by atoms with E-state index in [1.807, 2.05) is 36.0 Å². The third kappa shape index (κ3) is 2.49. The number of anilines is 2. The van der Waals surface area contributed by atoms with E-state index in [0.717, 1.165) is 22.4 Å². The molecule has 1 heterocycles. The van der Waals surface area contributed by atoms with Crippen molar-refractivity contribution in [3.8, 4) is 0 Å². The molecule has 3 nitrogen and oxygen atoms in total. The lowest BCUT2D eigenvalue weighted by atomic mass is 10.2. The molecule has 3 aromatic rings. The number of aryl methyl sites for hydroxylation is 1. The minimum Gasteiger partial charge on any atom is -0.338 e. The van der Waals surface area contributed by atoms with Gasteiger partial charge in [-0.2, -0.15) is 5.10 Å². The SMILES string of the molecule is CSc1ccc2c(c1)c(Nc1cccc(Cl)c1)nn2C. The summed E-state index contributed by atoms with van der Waals surface area (Å²) in [7, 11) is 1.95. The Balaban J connectivity index is 2.06. The van der Waals surface area contributed by atoms with Crippen molar-refractivity contribution in [1.82, 2.24) is 9.78 Å². The third-order valence-electron chi connectivity index (χ3n) is 3.14. The summed E-state index contributed by atoms with van der Waals surface area (Å²) in [6.07, 6.45) is 2.07. The van der Waals surface area contributed by atoms with Crippen LogP contribution in [-0.4, -0.2) is 16.0 Å². The van der Waals surface area contributed by atoms with Crippen molar-refractivity contribution in [2.45, 2.75) is 4.90 Å². The van der Waals surface area contributed by atoms with E-state index >= 15 is 0 Å². The fourth-order valence-corrected chi connectivity index (χ4v) is 2.80. The number of thioether (sulfide) groups is 1. The summed E-state index contributed by atoms with van der Waals surface area (Å²) < 4.78 is 1.88. The van der Waals surface area contributed by atoms with Gasteiger partial charge >= 0.3 is 0 Å². The second-order valence-electron chi connectivity index (χ2n) is 4.49. The zero-order chi connectivity index (χ0) is 14.1. The van der Waals surface area contributed by atoms with E-state index in [9.17, 15) is 0 Å². The largest absolute Gasteiger partial charge is 0.338 e. The van der Waals surface area contributed by atoms with Crippen molar-refractivity contribution in [2.75, 3.05) is 11.6 Å². The highest BCUT2D eigenvalue weighted by Gasteiger charge is 2.09. The van der Waals surface area contributed by atoms with E-state index in [0.29, 0.717) is 5.02 Å². The maximum atomic E-state index is 6.01. The lowest BCUT2D eigenvalue weighted by Gasteiger charge is -2.04. The van der Waals surface area contributed by atoms with Crippen LogP contribution in [0.15, 0.2) is 47.4 Å². The standard InChI is InChI=1S/C15H14ClN3S/c1-19-14-7-6-12(20-2)9-13(14)15(18-19)17-11-5-3-4-10(16)8-11/h3-9H,1-2H3,(H,17,18). The molecule has 2 aromatic carbocycles. The van der Waals surface area contributed by atoms with Crippen LogP contribution < -0.4 is 5.32 Å². The van der Waals surface area contributed by atoms with Gasteiger partial charge in [0.2, 0.25) is 0 Å². The van der Waals surface area contributed by atoms with Crippen molar-refractivity contribution in [3.63, 3.8) is 0 Å². The Kier molecular flexibility index (Phi) is 3.59. The molecule has 0 aliphatic carbocycles. The molecular weight excluding hydrogens is 290 g/mol. The molecule has 0 aliphatic rings. The van der Waals surface area contributed by atoms with Crippen molar-refractivity contribution < 1.29 is 0 Å². The average molecular weight is 304 g/mol. The summed E-state index contributed by atoms with van der Waals surface area (Å²) in [5, 5.41) is 9.70. The van der Waals surface area contributed by atoms with E-state index in [1.165, 1.54) is 4.90 Å². The summed E-state index contributed by atoms with van der Waals surface area (Å²) in [5.41, 5.74) is 2.04. The first-order valence-electron chi connectivity index (χ1n) is 6.21. The predicted octanol–water partition coefficient (Wildman–Crippen LogP) is 4.69. The molecule has 0 atom stereocenters. The van der Waals surface area contributed by atoms with Crippen LogP contribution in [0.3, 0.4) is 0 Å². The highest BCUT2D eigenvalue weighted by Crippen LogP contribution is 2.29. The molecule has 0 saturated heterocycles. The van der Waals surface area contributed by atoms with Crippen molar-refractivity contribution in [1.29, 1.82) is 0 Å². The molecule has 102 valence electrons. The van der Waals surface area contributed by atoms with Crippen LogP contribution in [0.25, 0.3) is 10.9 Å². The van der Waals surface area contributed by atoms with Gasteiger partial charge in [0, 0.05) is 28.0 Å². The molecular formula is C15H14ClN3S. The normalized spacial score (nSPS) is 10.9. The predicted molar refractivity (Wildman–Crippen MR) is 87.2 cm³/mol. The topological polar surface area (TPSA) is 29.9 Å². The lowest BCUT2D eigenvalue weighted by Crippen LogP contribution is -1.93. The second kappa shape index (κ2) is 5.38. The first-order chi connectivity index (χ1) is 9.67.